The highest BCUT2D eigenvalue weighted by Gasteiger charge is 2.63. The van der Waals surface area contributed by atoms with Gasteiger partial charge in [0.15, 0.2) is 0 Å². The monoisotopic (exact) mass is 183 g/mol. The molecule has 3 nitrogen and oxygen atoms in total. The van der Waals surface area contributed by atoms with Gasteiger partial charge in [-0.05, 0) is 33.6 Å². The Kier molecular flexibility index (Phi) is 2.18. The van der Waals surface area contributed by atoms with Crippen molar-refractivity contribution in [3.8, 4) is 6.07 Å². The van der Waals surface area contributed by atoms with Crippen LogP contribution in [0, 0.1) is 16.7 Å². The van der Waals surface area contributed by atoms with Gasteiger partial charge in [0.25, 0.3) is 0 Å². The first-order valence-electron chi connectivity index (χ1n) is 4.52. The number of methoxy groups -OCH3 is 1. The van der Waals surface area contributed by atoms with E-state index in [1.165, 1.54) is 0 Å². The Balaban J connectivity index is 2.96. The van der Waals surface area contributed by atoms with Gasteiger partial charge in [-0.3, -0.25) is 0 Å². The summed E-state index contributed by atoms with van der Waals surface area (Å²) >= 11 is 0. The quantitative estimate of drug-likeness (QED) is 0.720. The van der Waals surface area contributed by atoms with E-state index in [0.29, 0.717) is 0 Å². The van der Waals surface area contributed by atoms with Crippen LogP contribution in [0.3, 0.4) is 0 Å². The molecule has 13 heavy (non-hydrogen) atoms. The second-order valence-electron chi connectivity index (χ2n) is 4.48. The van der Waals surface area contributed by atoms with Crippen LogP contribution in [-0.2, 0) is 4.74 Å². The molecule has 1 aliphatic carbocycles. The normalized spacial score (nSPS) is 24.6. The van der Waals surface area contributed by atoms with Crippen molar-refractivity contribution in [2.75, 3.05) is 7.11 Å². The number of nitrogens with zero attached hydrogens (tertiary/aromatic N) is 1. The molecule has 0 aromatic rings. The molecule has 3 heteroatoms. The van der Waals surface area contributed by atoms with Crippen molar-refractivity contribution >= 4 is 0 Å². The fraction of sp³-hybridized carbons (Fsp3) is 0.900. The highest BCUT2D eigenvalue weighted by atomic mass is 16.5. The third-order valence-electron chi connectivity index (χ3n) is 3.58. The molecule has 74 valence electrons. The molecule has 0 aromatic carbocycles. The van der Waals surface area contributed by atoms with Crippen LogP contribution >= 0.6 is 0 Å². The molecule has 0 saturated heterocycles. The van der Waals surface area contributed by atoms with Gasteiger partial charge in [-0.25, -0.2) is 0 Å². The smallest absolute Gasteiger partial charge is 0.109 e. The zero-order valence-corrected chi connectivity index (χ0v) is 8.72. The number of hydrogen-bond donors (Lipinski definition) is 1. The van der Waals surface area contributed by atoms with Crippen molar-refractivity contribution in [1.29, 1.82) is 5.26 Å². The van der Waals surface area contributed by atoms with Gasteiger partial charge in [0.05, 0.1) is 17.1 Å². The van der Waals surface area contributed by atoms with Crippen LogP contribution in [0.25, 0.3) is 0 Å². The molecular weight excluding hydrogens is 166 g/mol. The zero-order valence-electron chi connectivity index (χ0n) is 8.72. The lowest BCUT2D eigenvalue weighted by Gasteiger charge is -2.42. The second-order valence-corrected chi connectivity index (χ2v) is 4.48. The van der Waals surface area contributed by atoms with E-state index >= 15 is 0 Å². The van der Waals surface area contributed by atoms with Crippen molar-refractivity contribution in [3.05, 3.63) is 0 Å². The van der Waals surface area contributed by atoms with Crippen molar-refractivity contribution in [1.82, 2.24) is 0 Å². The number of nitriles is 1. The van der Waals surface area contributed by atoms with Crippen LogP contribution in [-0.4, -0.2) is 23.4 Å². The summed E-state index contributed by atoms with van der Waals surface area (Å²) in [5, 5.41) is 19.3. The summed E-state index contributed by atoms with van der Waals surface area (Å²) in [6.45, 7) is 5.31. The van der Waals surface area contributed by atoms with Gasteiger partial charge in [-0.15, -0.1) is 0 Å². The molecule has 0 aliphatic heterocycles. The molecule has 0 radical (unpaired) electrons. The van der Waals surface area contributed by atoms with Crippen molar-refractivity contribution < 1.29 is 9.84 Å². The van der Waals surface area contributed by atoms with Gasteiger partial charge in [-0.2, -0.15) is 5.26 Å². The summed E-state index contributed by atoms with van der Waals surface area (Å²) in [6, 6.07) is 2.20. The Morgan fingerprint density at radius 1 is 1.38 bits per heavy atom. The first kappa shape index (κ1) is 10.5. The predicted molar refractivity (Wildman–Crippen MR) is 49.0 cm³/mol. The topological polar surface area (TPSA) is 53.2 Å². The molecule has 1 rings (SSSR count). The third kappa shape index (κ3) is 1.25. The summed E-state index contributed by atoms with van der Waals surface area (Å²) in [7, 11) is 1.56. The maximum atomic E-state index is 10.3. The minimum atomic E-state index is -1.08. The molecule has 0 spiro atoms. The number of aliphatic hydroxyl groups is 1. The Morgan fingerprint density at radius 2 is 1.85 bits per heavy atom. The molecule has 1 fully saturated rings. The van der Waals surface area contributed by atoms with E-state index in [4.69, 9.17) is 10.00 Å². The molecule has 1 saturated carbocycles. The third-order valence-corrected chi connectivity index (χ3v) is 3.58. The number of ether oxygens (including phenoxy) is 1. The molecule has 0 heterocycles. The van der Waals surface area contributed by atoms with Gasteiger partial charge < -0.3 is 9.84 Å². The van der Waals surface area contributed by atoms with Gasteiger partial charge in [0, 0.05) is 7.11 Å². The molecule has 1 atom stereocenters. The van der Waals surface area contributed by atoms with Crippen LogP contribution in [0.4, 0.5) is 0 Å². The fourth-order valence-corrected chi connectivity index (χ4v) is 1.61. The molecule has 0 aromatic heterocycles. The molecule has 1 unspecified atom stereocenters. The van der Waals surface area contributed by atoms with Crippen LogP contribution in [0.5, 0.6) is 0 Å². The Bertz CT molecular complexity index is 246. The lowest BCUT2D eigenvalue weighted by molar-refractivity contribution is -0.165. The average molecular weight is 183 g/mol. The molecule has 0 amide bonds. The van der Waals surface area contributed by atoms with E-state index in [2.05, 4.69) is 6.07 Å². The number of hydrogen-bond acceptors (Lipinski definition) is 3. The van der Waals surface area contributed by atoms with Crippen molar-refractivity contribution in [3.63, 3.8) is 0 Å². The zero-order chi connectivity index (χ0) is 10.3. The summed E-state index contributed by atoms with van der Waals surface area (Å²) in [4.78, 5) is 0. The average Bonchev–Trinajstić information content (AvgIpc) is 2.84. The van der Waals surface area contributed by atoms with Crippen LogP contribution in [0.15, 0.2) is 0 Å². The van der Waals surface area contributed by atoms with Gasteiger partial charge in [-0.1, -0.05) is 0 Å². The largest absolute Gasteiger partial charge is 0.386 e. The van der Waals surface area contributed by atoms with Crippen molar-refractivity contribution in [2.24, 2.45) is 5.41 Å². The van der Waals surface area contributed by atoms with Gasteiger partial charge >= 0.3 is 0 Å². The lowest BCUT2D eigenvalue weighted by atomic mass is 9.75. The fourth-order valence-electron chi connectivity index (χ4n) is 1.61. The van der Waals surface area contributed by atoms with Crippen molar-refractivity contribution in [2.45, 2.75) is 44.8 Å². The Labute approximate surface area is 79.3 Å². The Morgan fingerprint density at radius 3 is 2.08 bits per heavy atom. The molecule has 0 bridgehead atoms. The standard InChI is InChI=1S/C10H17NO2/c1-8(2,13-4)9(3,12)10(7-11)5-6-10/h12H,5-6H2,1-4H3. The van der Waals surface area contributed by atoms with E-state index in [0.717, 1.165) is 12.8 Å². The van der Waals surface area contributed by atoms with Crippen LogP contribution in [0.1, 0.15) is 33.6 Å². The van der Waals surface area contributed by atoms with E-state index in [1.54, 1.807) is 14.0 Å². The van der Waals surface area contributed by atoms with E-state index in [1.807, 2.05) is 13.8 Å². The highest BCUT2D eigenvalue weighted by Crippen LogP contribution is 2.57. The first-order valence-corrected chi connectivity index (χ1v) is 4.52. The minimum Gasteiger partial charge on any atom is -0.386 e. The SMILES string of the molecule is COC(C)(C)C(C)(O)C1(C#N)CC1. The summed E-state index contributed by atoms with van der Waals surface area (Å²) in [5.41, 5.74) is -2.35. The van der Waals surface area contributed by atoms with Gasteiger partial charge in [0.2, 0.25) is 0 Å². The molecule has 1 N–H and O–H groups in total. The molecule has 1 aliphatic rings. The Hall–Kier alpha value is -0.590. The molecular formula is C10H17NO2. The van der Waals surface area contributed by atoms with E-state index in [-0.39, 0.29) is 0 Å². The summed E-state index contributed by atoms with van der Waals surface area (Å²) in [5.74, 6) is 0. The maximum Gasteiger partial charge on any atom is 0.109 e. The highest BCUT2D eigenvalue weighted by molar-refractivity contribution is 5.23. The van der Waals surface area contributed by atoms with Crippen LogP contribution < -0.4 is 0 Å². The lowest BCUT2D eigenvalue weighted by Crippen LogP contribution is -2.55. The maximum absolute atomic E-state index is 10.3. The van der Waals surface area contributed by atoms with Crippen LogP contribution in [0.2, 0.25) is 0 Å². The minimum absolute atomic E-state index is 0.591. The summed E-state index contributed by atoms with van der Waals surface area (Å²) in [6.07, 6.45) is 1.53. The predicted octanol–water partition coefficient (Wildman–Crippen LogP) is 1.47. The van der Waals surface area contributed by atoms with E-state index in [9.17, 15) is 5.11 Å². The first-order chi connectivity index (χ1) is 5.83. The second kappa shape index (κ2) is 2.70. The number of rotatable bonds is 3. The summed E-state index contributed by atoms with van der Waals surface area (Å²) < 4.78 is 5.23. The van der Waals surface area contributed by atoms with Gasteiger partial charge in [0.1, 0.15) is 5.60 Å². The van der Waals surface area contributed by atoms with E-state index < -0.39 is 16.6 Å².